The lowest BCUT2D eigenvalue weighted by Crippen LogP contribution is -2.55. The molecule has 0 aliphatic heterocycles. The molecule has 8 heteroatoms. The zero-order valence-corrected chi connectivity index (χ0v) is 24.2. The van der Waals surface area contributed by atoms with Crippen molar-refractivity contribution in [3.8, 4) is 5.75 Å². The Balaban J connectivity index is 1.83. The van der Waals surface area contributed by atoms with Gasteiger partial charge in [0.25, 0.3) is 0 Å². The first kappa shape index (κ1) is 29.9. The van der Waals surface area contributed by atoms with Crippen LogP contribution in [0.1, 0.15) is 77.6 Å². The number of aliphatic hydroxyl groups is 2. The standard InChI is InChI=1S/C29H43IN2O5/c1-2-3-4-9-17-32(27(34)15-14-21-10-5-6-11-21)24-19-22(29(36)31-16-18-33)20-26(28(24)35)37-25-13-8-7-12-23(25)30/h7-8,12-13,20-21,24,26,28,33,35H,2-6,9-11,14-19H2,1H3,(H,31,36)/t24-,26+,28+/m1/s1. The van der Waals surface area contributed by atoms with Crippen molar-refractivity contribution in [2.75, 3.05) is 19.7 Å². The van der Waals surface area contributed by atoms with Gasteiger partial charge in [0, 0.05) is 31.5 Å². The van der Waals surface area contributed by atoms with E-state index >= 15 is 0 Å². The summed E-state index contributed by atoms with van der Waals surface area (Å²) in [6.45, 7) is 2.71. The van der Waals surface area contributed by atoms with Gasteiger partial charge in [0.1, 0.15) is 18.0 Å². The minimum Gasteiger partial charge on any atom is -0.482 e. The highest BCUT2D eigenvalue weighted by atomic mass is 127. The number of unbranched alkanes of at least 4 members (excludes halogenated alkanes) is 3. The second kappa shape index (κ2) is 15.7. The molecule has 2 amide bonds. The normalized spacial score (nSPS) is 21.9. The summed E-state index contributed by atoms with van der Waals surface area (Å²) in [4.78, 5) is 28.4. The van der Waals surface area contributed by atoms with Crippen LogP contribution >= 0.6 is 22.6 Å². The predicted octanol–water partition coefficient (Wildman–Crippen LogP) is 4.59. The number of para-hydroxylation sites is 1. The topological polar surface area (TPSA) is 99.1 Å². The van der Waals surface area contributed by atoms with Crippen LogP contribution in [0.15, 0.2) is 35.9 Å². The molecule has 37 heavy (non-hydrogen) atoms. The average molecular weight is 627 g/mol. The van der Waals surface area contributed by atoms with Gasteiger partial charge >= 0.3 is 0 Å². The Morgan fingerprint density at radius 3 is 2.62 bits per heavy atom. The maximum absolute atomic E-state index is 13.6. The maximum atomic E-state index is 13.6. The van der Waals surface area contributed by atoms with Gasteiger partial charge in [-0.15, -0.1) is 0 Å². The number of aliphatic hydroxyl groups excluding tert-OH is 2. The van der Waals surface area contributed by atoms with Crippen LogP contribution in [0.5, 0.6) is 5.75 Å². The van der Waals surface area contributed by atoms with Gasteiger partial charge in [0.15, 0.2) is 0 Å². The summed E-state index contributed by atoms with van der Waals surface area (Å²) in [5.41, 5.74) is 0.474. The molecule has 1 saturated carbocycles. The fourth-order valence-corrected chi connectivity index (χ4v) is 5.94. The molecule has 1 fully saturated rings. The Morgan fingerprint density at radius 1 is 1.16 bits per heavy atom. The molecule has 0 bridgehead atoms. The Morgan fingerprint density at radius 2 is 1.92 bits per heavy atom. The van der Waals surface area contributed by atoms with E-state index in [2.05, 4.69) is 34.8 Å². The largest absolute Gasteiger partial charge is 0.482 e. The van der Waals surface area contributed by atoms with Gasteiger partial charge < -0.3 is 25.2 Å². The Kier molecular flexibility index (Phi) is 12.7. The first-order valence-electron chi connectivity index (χ1n) is 13.9. The van der Waals surface area contributed by atoms with Crippen molar-refractivity contribution in [2.45, 2.75) is 95.8 Å². The first-order chi connectivity index (χ1) is 17.9. The highest BCUT2D eigenvalue weighted by molar-refractivity contribution is 14.1. The Labute approximate surface area is 235 Å². The molecule has 1 aromatic rings. The molecule has 0 saturated heterocycles. The number of ether oxygens (including phenoxy) is 1. The summed E-state index contributed by atoms with van der Waals surface area (Å²) >= 11 is 2.19. The minimum absolute atomic E-state index is 0.0532. The molecule has 3 N–H and O–H groups in total. The summed E-state index contributed by atoms with van der Waals surface area (Å²) in [6.07, 6.45) is 10.5. The van der Waals surface area contributed by atoms with Crippen molar-refractivity contribution >= 4 is 34.4 Å². The number of halogens is 1. The quantitative estimate of drug-likeness (QED) is 0.208. The summed E-state index contributed by atoms with van der Waals surface area (Å²) < 4.78 is 7.13. The molecule has 0 radical (unpaired) electrons. The Hall–Kier alpha value is -1.65. The maximum Gasteiger partial charge on any atom is 0.247 e. The third-order valence-electron chi connectivity index (χ3n) is 7.53. The third-order valence-corrected chi connectivity index (χ3v) is 8.42. The fourth-order valence-electron chi connectivity index (χ4n) is 5.42. The molecule has 1 aromatic carbocycles. The number of nitrogens with one attached hydrogen (secondary N) is 1. The number of benzene rings is 1. The highest BCUT2D eigenvalue weighted by Gasteiger charge is 2.40. The lowest BCUT2D eigenvalue weighted by molar-refractivity contribution is -0.139. The van der Waals surface area contributed by atoms with Crippen LogP contribution in [0, 0.1) is 9.49 Å². The van der Waals surface area contributed by atoms with Crippen LogP contribution < -0.4 is 10.1 Å². The van der Waals surface area contributed by atoms with Crippen molar-refractivity contribution in [2.24, 2.45) is 5.92 Å². The van der Waals surface area contributed by atoms with Crippen molar-refractivity contribution < 1.29 is 24.5 Å². The summed E-state index contributed by atoms with van der Waals surface area (Å²) in [6, 6.07) is 7.00. The highest BCUT2D eigenvalue weighted by Crippen LogP contribution is 2.32. The van der Waals surface area contributed by atoms with Crippen LogP contribution in [-0.4, -0.2) is 64.9 Å². The summed E-state index contributed by atoms with van der Waals surface area (Å²) in [7, 11) is 0. The molecule has 0 aromatic heterocycles. The summed E-state index contributed by atoms with van der Waals surface area (Å²) in [5, 5.41) is 23.4. The molecule has 0 heterocycles. The van der Waals surface area contributed by atoms with E-state index in [1.807, 2.05) is 29.2 Å². The molecule has 7 nitrogen and oxygen atoms in total. The SMILES string of the molecule is CCCCCCN(C(=O)CCC1CCCC1)[C@@H]1CC(C(=O)NCCO)=C[C@H](Oc2ccccc2I)[C@H]1O. The van der Waals surface area contributed by atoms with E-state index < -0.39 is 18.2 Å². The average Bonchev–Trinajstić information content (AvgIpc) is 3.42. The van der Waals surface area contributed by atoms with Crippen molar-refractivity contribution in [3.63, 3.8) is 0 Å². The van der Waals surface area contributed by atoms with E-state index in [4.69, 9.17) is 4.74 Å². The molecular formula is C29H43IN2O5. The van der Waals surface area contributed by atoms with Crippen LogP contribution in [0.25, 0.3) is 0 Å². The van der Waals surface area contributed by atoms with Crippen LogP contribution in [0.4, 0.5) is 0 Å². The predicted molar refractivity (Wildman–Crippen MR) is 153 cm³/mol. The molecule has 2 aliphatic rings. The van der Waals surface area contributed by atoms with E-state index in [1.165, 1.54) is 25.7 Å². The zero-order valence-electron chi connectivity index (χ0n) is 22.0. The number of hydrogen-bond donors (Lipinski definition) is 3. The van der Waals surface area contributed by atoms with Crippen molar-refractivity contribution in [1.29, 1.82) is 0 Å². The molecule has 0 unspecified atom stereocenters. The first-order valence-corrected chi connectivity index (χ1v) is 15.0. The molecule has 206 valence electrons. The lowest BCUT2D eigenvalue weighted by Gasteiger charge is -2.41. The lowest BCUT2D eigenvalue weighted by atomic mass is 9.87. The van der Waals surface area contributed by atoms with Gasteiger partial charge in [0.2, 0.25) is 11.8 Å². The number of amides is 2. The second-order valence-electron chi connectivity index (χ2n) is 10.3. The number of rotatable bonds is 14. The van der Waals surface area contributed by atoms with Crippen LogP contribution in [-0.2, 0) is 9.59 Å². The molecule has 2 aliphatic carbocycles. The van der Waals surface area contributed by atoms with Gasteiger partial charge in [-0.3, -0.25) is 9.59 Å². The fraction of sp³-hybridized carbons (Fsp3) is 0.655. The minimum atomic E-state index is -0.966. The van der Waals surface area contributed by atoms with Gasteiger partial charge in [-0.05, 0) is 59.6 Å². The smallest absolute Gasteiger partial charge is 0.247 e. The summed E-state index contributed by atoms with van der Waals surface area (Å²) in [5.74, 6) is 0.989. The molecular weight excluding hydrogens is 583 g/mol. The van der Waals surface area contributed by atoms with Crippen LogP contribution in [0.2, 0.25) is 0 Å². The monoisotopic (exact) mass is 626 g/mol. The van der Waals surface area contributed by atoms with Gasteiger partial charge in [0.05, 0.1) is 16.2 Å². The van der Waals surface area contributed by atoms with Gasteiger partial charge in [-0.2, -0.15) is 0 Å². The van der Waals surface area contributed by atoms with Crippen LogP contribution in [0.3, 0.4) is 0 Å². The molecule has 0 spiro atoms. The van der Waals surface area contributed by atoms with E-state index in [0.717, 1.165) is 35.7 Å². The Bertz CT molecular complexity index is 902. The van der Waals surface area contributed by atoms with Gasteiger partial charge in [-0.25, -0.2) is 0 Å². The number of carbonyl (C=O) groups is 2. The number of carbonyl (C=O) groups excluding carboxylic acids is 2. The van der Waals surface area contributed by atoms with Gasteiger partial charge in [-0.1, -0.05) is 64.0 Å². The molecule has 3 atom stereocenters. The second-order valence-corrected chi connectivity index (χ2v) is 11.4. The molecule has 3 rings (SSSR count). The third kappa shape index (κ3) is 8.96. The van der Waals surface area contributed by atoms with Crippen molar-refractivity contribution in [3.05, 3.63) is 39.5 Å². The van der Waals surface area contributed by atoms with E-state index in [-0.39, 0.29) is 31.4 Å². The zero-order chi connectivity index (χ0) is 26.6. The van der Waals surface area contributed by atoms with E-state index in [0.29, 0.717) is 30.2 Å². The van der Waals surface area contributed by atoms with E-state index in [9.17, 15) is 19.8 Å². The number of hydrogen-bond acceptors (Lipinski definition) is 5. The number of nitrogens with zero attached hydrogens (tertiary/aromatic N) is 1. The van der Waals surface area contributed by atoms with Crippen molar-refractivity contribution in [1.82, 2.24) is 10.2 Å². The van der Waals surface area contributed by atoms with E-state index in [1.54, 1.807) is 6.08 Å².